The maximum Gasteiger partial charge on any atom is 0.264 e. The number of nitrogens with zero attached hydrogens (tertiary/aromatic N) is 1. The van der Waals surface area contributed by atoms with E-state index >= 15 is 0 Å². The van der Waals surface area contributed by atoms with Gasteiger partial charge in [-0.15, -0.1) is 11.3 Å². The number of amides is 1. The molecule has 0 radical (unpaired) electrons. The van der Waals surface area contributed by atoms with Gasteiger partial charge in [-0.05, 0) is 80.8 Å². The summed E-state index contributed by atoms with van der Waals surface area (Å²) in [6, 6.07) is 14.1. The number of rotatable bonds is 7. The maximum atomic E-state index is 13.0. The highest BCUT2D eigenvalue weighted by atomic mass is 32.2. The first-order chi connectivity index (χ1) is 15.3. The number of hydrogen-bond acceptors (Lipinski definition) is 4. The predicted octanol–water partition coefficient (Wildman–Crippen LogP) is 5.66. The molecule has 1 aliphatic carbocycles. The van der Waals surface area contributed by atoms with Gasteiger partial charge in [-0.3, -0.25) is 9.10 Å². The number of thiophene rings is 1. The lowest BCUT2D eigenvalue weighted by Gasteiger charge is -2.19. The summed E-state index contributed by atoms with van der Waals surface area (Å²) < 4.78 is 28.2. The summed E-state index contributed by atoms with van der Waals surface area (Å²) in [5.41, 5.74) is 3.01. The molecule has 32 heavy (non-hydrogen) atoms. The molecule has 0 bridgehead atoms. The number of benzene rings is 2. The average Bonchev–Trinajstić information content (AvgIpc) is 3.23. The van der Waals surface area contributed by atoms with Gasteiger partial charge in [0.05, 0.1) is 15.5 Å². The Bertz CT molecular complexity index is 1260. The van der Waals surface area contributed by atoms with Crippen LogP contribution in [-0.2, 0) is 10.0 Å². The van der Waals surface area contributed by atoms with Crippen LogP contribution in [0, 0.1) is 6.92 Å². The summed E-state index contributed by atoms with van der Waals surface area (Å²) in [6.45, 7) is 2.56. The van der Waals surface area contributed by atoms with Crippen molar-refractivity contribution in [2.45, 2.75) is 43.9 Å². The second-order valence-electron chi connectivity index (χ2n) is 8.23. The second-order valence-corrected chi connectivity index (χ2v) is 11.3. The topological polar surface area (TPSA) is 66.5 Å². The molecule has 0 saturated heterocycles. The minimum absolute atomic E-state index is 0.0789. The number of carbonyl (C=O) groups excluding carboxylic acids is 1. The van der Waals surface area contributed by atoms with Crippen LogP contribution in [0.2, 0.25) is 0 Å². The number of anilines is 1. The van der Waals surface area contributed by atoms with E-state index in [9.17, 15) is 13.2 Å². The molecule has 1 aliphatic rings. The second kappa shape index (κ2) is 9.46. The monoisotopic (exact) mass is 468 g/mol. The summed E-state index contributed by atoms with van der Waals surface area (Å²) in [4.78, 5) is 13.5. The van der Waals surface area contributed by atoms with Crippen molar-refractivity contribution in [3.8, 4) is 0 Å². The van der Waals surface area contributed by atoms with E-state index in [0.717, 1.165) is 34.9 Å². The number of allylic oxidation sites excluding steroid dienone is 1. The first-order valence-electron chi connectivity index (χ1n) is 10.9. The molecule has 0 spiro atoms. The van der Waals surface area contributed by atoms with Crippen LogP contribution in [-0.4, -0.2) is 27.9 Å². The molecule has 0 unspecified atom stereocenters. The van der Waals surface area contributed by atoms with Gasteiger partial charge in [0.1, 0.15) is 0 Å². The van der Waals surface area contributed by atoms with Crippen molar-refractivity contribution in [2.24, 2.45) is 0 Å². The first-order valence-corrected chi connectivity index (χ1v) is 13.2. The molecule has 0 atom stereocenters. The van der Waals surface area contributed by atoms with Crippen molar-refractivity contribution in [2.75, 3.05) is 17.9 Å². The quantitative estimate of drug-likeness (QED) is 0.455. The summed E-state index contributed by atoms with van der Waals surface area (Å²) in [6.07, 6.45) is 8.00. The molecule has 5 nitrogen and oxygen atoms in total. The molecule has 1 aromatic heterocycles. The fourth-order valence-electron chi connectivity index (χ4n) is 3.90. The van der Waals surface area contributed by atoms with Crippen molar-refractivity contribution in [3.05, 3.63) is 70.6 Å². The van der Waals surface area contributed by atoms with Gasteiger partial charge in [0.2, 0.25) is 0 Å². The molecule has 0 saturated carbocycles. The van der Waals surface area contributed by atoms with Gasteiger partial charge in [0.25, 0.3) is 15.9 Å². The Morgan fingerprint density at radius 3 is 2.59 bits per heavy atom. The highest BCUT2D eigenvalue weighted by Gasteiger charge is 2.22. The Morgan fingerprint density at radius 2 is 1.88 bits per heavy atom. The smallest absolute Gasteiger partial charge is 0.264 e. The zero-order valence-corrected chi connectivity index (χ0v) is 20.1. The number of aryl methyl sites for hydroxylation is 1. The molecule has 1 heterocycles. The van der Waals surface area contributed by atoms with Crippen LogP contribution in [0.1, 0.15) is 47.3 Å². The van der Waals surface area contributed by atoms with Crippen LogP contribution in [0.25, 0.3) is 10.1 Å². The fourth-order valence-corrected chi connectivity index (χ4v) is 6.05. The van der Waals surface area contributed by atoms with Crippen molar-refractivity contribution in [3.63, 3.8) is 0 Å². The van der Waals surface area contributed by atoms with Crippen molar-refractivity contribution >= 4 is 43.0 Å². The van der Waals surface area contributed by atoms with Gasteiger partial charge in [-0.2, -0.15) is 0 Å². The minimum atomic E-state index is -3.66. The Labute approximate surface area is 193 Å². The van der Waals surface area contributed by atoms with Crippen LogP contribution in [0.15, 0.2) is 65.1 Å². The van der Waals surface area contributed by atoms with E-state index in [1.165, 1.54) is 34.1 Å². The normalized spacial score (nSPS) is 14.2. The Balaban J connectivity index is 1.48. The van der Waals surface area contributed by atoms with Crippen LogP contribution in [0.4, 0.5) is 5.69 Å². The van der Waals surface area contributed by atoms with Crippen molar-refractivity contribution < 1.29 is 13.2 Å². The number of nitrogens with one attached hydrogen (secondary N) is 1. The third-order valence-electron chi connectivity index (χ3n) is 5.88. The number of sulfonamides is 1. The highest BCUT2D eigenvalue weighted by molar-refractivity contribution is 7.92. The predicted molar refractivity (Wildman–Crippen MR) is 132 cm³/mol. The van der Waals surface area contributed by atoms with Crippen LogP contribution in [0.3, 0.4) is 0 Å². The van der Waals surface area contributed by atoms with Crippen LogP contribution < -0.4 is 9.62 Å². The summed E-state index contributed by atoms with van der Waals surface area (Å²) in [5, 5.41) is 3.88. The molecule has 7 heteroatoms. The maximum absolute atomic E-state index is 13.0. The van der Waals surface area contributed by atoms with Crippen molar-refractivity contribution in [1.29, 1.82) is 0 Å². The van der Waals surface area contributed by atoms with E-state index in [2.05, 4.69) is 11.4 Å². The molecule has 1 N–H and O–H groups in total. The van der Waals surface area contributed by atoms with E-state index in [-0.39, 0.29) is 10.8 Å². The lowest BCUT2D eigenvalue weighted by atomic mass is 9.97. The van der Waals surface area contributed by atoms with Crippen LogP contribution in [0.5, 0.6) is 0 Å². The molecule has 4 rings (SSSR count). The molecule has 168 valence electrons. The van der Waals surface area contributed by atoms with E-state index < -0.39 is 10.0 Å². The van der Waals surface area contributed by atoms with E-state index in [1.54, 1.807) is 37.4 Å². The zero-order valence-electron chi connectivity index (χ0n) is 18.4. The SMILES string of the molecule is Cc1ccc(S(=O)(=O)N(C)c2ccc3sc(C(=O)NCCC4=CCCCC4)cc3c2)cc1. The number of hydrogen-bond donors (Lipinski definition) is 1. The van der Waals surface area contributed by atoms with Gasteiger partial charge in [0, 0.05) is 18.3 Å². The number of carbonyl (C=O) groups is 1. The molecule has 0 fully saturated rings. The third-order valence-corrected chi connectivity index (χ3v) is 8.80. The van der Waals surface area contributed by atoms with Gasteiger partial charge in [-0.1, -0.05) is 29.3 Å². The van der Waals surface area contributed by atoms with Gasteiger partial charge < -0.3 is 5.32 Å². The average molecular weight is 469 g/mol. The van der Waals surface area contributed by atoms with Gasteiger partial charge >= 0.3 is 0 Å². The van der Waals surface area contributed by atoms with E-state index in [1.807, 2.05) is 25.1 Å². The fraction of sp³-hybridized carbons (Fsp3) is 0.320. The molecule has 0 aliphatic heterocycles. The molecule has 1 amide bonds. The van der Waals surface area contributed by atoms with Crippen molar-refractivity contribution in [1.82, 2.24) is 5.32 Å². The van der Waals surface area contributed by atoms with E-state index in [0.29, 0.717) is 17.1 Å². The zero-order chi connectivity index (χ0) is 22.7. The Hall–Kier alpha value is -2.64. The largest absolute Gasteiger partial charge is 0.351 e. The van der Waals surface area contributed by atoms with Crippen LogP contribution >= 0.6 is 11.3 Å². The minimum Gasteiger partial charge on any atom is -0.351 e. The third kappa shape index (κ3) is 4.89. The molecular weight excluding hydrogens is 440 g/mol. The van der Waals surface area contributed by atoms with Gasteiger partial charge in [0.15, 0.2) is 0 Å². The lowest BCUT2D eigenvalue weighted by Crippen LogP contribution is -2.26. The standard InChI is InChI=1S/C25H28N2O3S2/c1-18-8-11-22(12-9-18)32(29,30)27(2)21-10-13-23-20(16-21)17-24(31-23)25(28)26-15-14-19-6-4-3-5-7-19/h6,8-13,16-17H,3-5,7,14-15H2,1-2H3,(H,26,28). The Morgan fingerprint density at radius 1 is 1.09 bits per heavy atom. The molecule has 2 aromatic carbocycles. The highest BCUT2D eigenvalue weighted by Crippen LogP contribution is 2.31. The summed E-state index contributed by atoms with van der Waals surface area (Å²) >= 11 is 1.42. The number of fused-ring (bicyclic) bond motifs is 1. The molecule has 3 aromatic rings. The van der Waals surface area contributed by atoms with E-state index in [4.69, 9.17) is 0 Å². The first kappa shape index (κ1) is 22.6. The lowest BCUT2D eigenvalue weighted by molar-refractivity contribution is 0.0958. The summed E-state index contributed by atoms with van der Waals surface area (Å²) in [5.74, 6) is -0.0789. The molecular formula is C25H28N2O3S2. The Kier molecular flexibility index (Phi) is 6.67. The van der Waals surface area contributed by atoms with Gasteiger partial charge in [-0.25, -0.2) is 8.42 Å². The summed E-state index contributed by atoms with van der Waals surface area (Å²) in [7, 11) is -2.11.